The van der Waals surface area contributed by atoms with Crippen molar-refractivity contribution in [2.24, 2.45) is 0 Å². The van der Waals surface area contributed by atoms with Crippen LogP contribution in [0.25, 0.3) is 100 Å². The van der Waals surface area contributed by atoms with E-state index < -0.39 is 0 Å². The monoisotopic (exact) mass is 717 g/mol. The van der Waals surface area contributed by atoms with Crippen LogP contribution < -0.4 is 0 Å². The van der Waals surface area contributed by atoms with Gasteiger partial charge in [0.15, 0.2) is 17.5 Å². The third kappa shape index (κ3) is 5.10. The molecule has 1 aliphatic carbocycles. The molecule has 0 saturated carbocycles. The Morgan fingerprint density at radius 2 is 1.02 bits per heavy atom. The minimum Gasteiger partial charge on any atom is -0.456 e. The van der Waals surface area contributed by atoms with Gasteiger partial charge in [0.1, 0.15) is 11.2 Å². The van der Waals surface area contributed by atoms with Crippen molar-refractivity contribution in [3.63, 3.8) is 0 Å². The van der Waals surface area contributed by atoms with Crippen LogP contribution in [0, 0.1) is 0 Å². The van der Waals surface area contributed by atoms with Crippen molar-refractivity contribution in [3.05, 3.63) is 187 Å². The van der Waals surface area contributed by atoms with Crippen molar-refractivity contribution in [3.8, 4) is 67.5 Å². The molecule has 0 atom stereocenters. The van der Waals surface area contributed by atoms with Gasteiger partial charge in [-0.3, -0.25) is 0 Å². The largest absolute Gasteiger partial charge is 0.456 e. The highest BCUT2D eigenvalue weighted by Gasteiger charge is 2.38. The van der Waals surface area contributed by atoms with Crippen LogP contribution in [0.15, 0.2) is 180 Å². The second-order valence-electron chi connectivity index (χ2n) is 15.2. The second kappa shape index (κ2) is 12.4. The lowest BCUT2D eigenvalue weighted by molar-refractivity contribution is 0.661. The van der Waals surface area contributed by atoms with Gasteiger partial charge >= 0.3 is 0 Å². The lowest BCUT2D eigenvalue weighted by Gasteiger charge is -2.24. The van der Waals surface area contributed by atoms with E-state index in [-0.39, 0.29) is 5.41 Å². The van der Waals surface area contributed by atoms with Gasteiger partial charge in [-0.1, -0.05) is 159 Å². The van der Waals surface area contributed by atoms with Gasteiger partial charge in [0.25, 0.3) is 0 Å². The van der Waals surface area contributed by atoms with E-state index >= 15 is 0 Å². The van der Waals surface area contributed by atoms with Gasteiger partial charge in [-0.2, -0.15) is 0 Å². The predicted molar refractivity (Wildman–Crippen MR) is 229 cm³/mol. The molecule has 10 aromatic rings. The first-order chi connectivity index (χ1) is 27.5. The van der Waals surface area contributed by atoms with E-state index in [1.807, 2.05) is 18.2 Å². The molecule has 1 aliphatic rings. The molecule has 0 amide bonds. The summed E-state index contributed by atoms with van der Waals surface area (Å²) in [6, 6.07) is 61.9. The van der Waals surface area contributed by atoms with E-state index in [1.165, 1.54) is 38.6 Å². The zero-order valence-electron chi connectivity index (χ0n) is 31.0. The van der Waals surface area contributed by atoms with E-state index in [0.29, 0.717) is 17.5 Å². The number of benzene rings is 8. The number of hydrogen-bond acceptors (Lipinski definition) is 4. The van der Waals surface area contributed by atoms with Gasteiger partial charge in [-0.25, -0.2) is 15.0 Å². The summed E-state index contributed by atoms with van der Waals surface area (Å²) in [5, 5.41) is 4.68. The molecule has 0 bridgehead atoms. The molecule has 56 heavy (non-hydrogen) atoms. The molecule has 264 valence electrons. The van der Waals surface area contributed by atoms with E-state index in [4.69, 9.17) is 19.4 Å². The van der Waals surface area contributed by atoms with Crippen LogP contribution in [0.1, 0.15) is 25.0 Å². The molecule has 4 heteroatoms. The fourth-order valence-corrected chi connectivity index (χ4v) is 8.82. The van der Waals surface area contributed by atoms with Crippen LogP contribution in [-0.2, 0) is 5.41 Å². The van der Waals surface area contributed by atoms with Crippen LogP contribution in [-0.4, -0.2) is 15.0 Å². The quantitative estimate of drug-likeness (QED) is 0.178. The summed E-state index contributed by atoms with van der Waals surface area (Å²) in [5.41, 5.74) is 13.9. The number of rotatable bonds is 5. The zero-order chi connectivity index (χ0) is 37.4. The van der Waals surface area contributed by atoms with E-state index in [1.54, 1.807) is 0 Å². The van der Waals surface area contributed by atoms with Crippen LogP contribution in [0.4, 0.5) is 0 Å². The van der Waals surface area contributed by atoms with Crippen LogP contribution in [0.3, 0.4) is 0 Å². The average Bonchev–Trinajstić information content (AvgIpc) is 3.75. The maximum Gasteiger partial charge on any atom is 0.164 e. The molecule has 2 heterocycles. The Labute approximate surface area is 324 Å². The topological polar surface area (TPSA) is 51.8 Å². The van der Waals surface area contributed by atoms with E-state index in [0.717, 1.165) is 55.3 Å². The minimum atomic E-state index is -0.215. The Hall–Kier alpha value is -7.17. The number of fused-ring (bicyclic) bond motifs is 7. The normalized spacial score (nSPS) is 13.0. The Kier molecular flexibility index (Phi) is 7.17. The maximum atomic E-state index is 6.55. The lowest BCUT2D eigenvalue weighted by atomic mass is 9.80. The summed E-state index contributed by atoms with van der Waals surface area (Å²) in [7, 11) is 0. The maximum absolute atomic E-state index is 6.55. The van der Waals surface area contributed by atoms with Crippen molar-refractivity contribution in [1.29, 1.82) is 0 Å². The Bertz CT molecular complexity index is 3180. The van der Waals surface area contributed by atoms with Gasteiger partial charge < -0.3 is 4.42 Å². The molecule has 8 aromatic carbocycles. The van der Waals surface area contributed by atoms with Crippen molar-refractivity contribution in [2.45, 2.75) is 19.3 Å². The van der Waals surface area contributed by atoms with Gasteiger partial charge in [-0.05, 0) is 85.6 Å². The standard InChI is InChI=1S/C52H35N3O/c1-52(2)44-23-9-8-19-40(44)41-21-11-22-43(48(41)52)51-54-49(33-14-4-3-5-15-33)53-50(55-51)38-18-10-17-35(30-38)36-27-28-42-46(31-36)56-45-24-12-20-39(47(42)45)37-26-25-32-13-6-7-16-34(32)29-37/h3-31H,1-2H3. The van der Waals surface area contributed by atoms with Gasteiger partial charge in [0, 0.05) is 32.9 Å². The van der Waals surface area contributed by atoms with Gasteiger partial charge in [-0.15, -0.1) is 0 Å². The molecular formula is C52H35N3O. The van der Waals surface area contributed by atoms with Crippen molar-refractivity contribution < 1.29 is 4.42 Å². The highest BCUT2D eigenvalue weighted by atomic mass is 16.3. The first-order valence-electron chi connectivity index (χ1n) is 19.1. The van der Waals surface area contributed by atoms with E-state index in [9.17, 15) is 0 Å². The smallest absolute Gasteiger partial charge is 0.164 e. The molecule has 0 spiro atoms. The fraction of sp³-hybridized carbons (Fsp3) is 0.0577. The first kappa shape index (κ1) is 32.3. The highest BCUT2D eigenvalue weighted by Crippen LogP contribution is 2.51. The number of aromatic nitrogens is 3. The van der Waals surface area contributed by atoms with Crippen LogP contribution >= 0.6 is 0 Å². The van der Waals surface area contributed by atoms with Gasteiger partial charge in [0.05, 0.1) is 0 Å². The summed E-state index contributed by atoms with van der Waals surface area (Å²) in [4.78, 5) is 15.5. The highest BCUT2D eigenvalue weighted by molar-refractivity contribution is 6.13. The number of hydrogen-bond donors (Lipinski definition) is 0. The Morgan fingerprint density at radius 3 is 1.91 bits per heavy atom. The van der Waals surface area contributed by atoms with Crippen LogP contribution in [0.2, 0.25) is 0 Å². The van der Waals surface area contributed by atoms with Crippen LogP contribution in [0.5, 0.6) is 0 Å². The molecule has 0 aliphatic heterocycles. The SMILES string of the molecule is CC1(C)c2ccccc2-c2cccc(-c3nc(-c4ccccc4)nc(-c4cccc(-c5ccc6c(c5)oc5cccc(-c7ccc8ccccc8c7)c56)c4)n3)c21. The summed E-state index contributed by atoms with van der Waals surface area (Å²) in [5.74, 6) is 1.95. The average molecular weight is 718 g/mol. The summed E-state index contributed by atoms with van der Waals surface area (Å²) in [6.07, 6.45) is 0. The molecular weight excluding hydrogens is 683 g/mol. The van der Waals surface area contributed by atoms with E-state index in [2.05, 4.69) is 172 Å². The van der Waals surface area contributed by atoms with Crippen molar-refractivity contribution in [2.75, 3.05) is 0 Å². The fourth-order valence-electron chi connectivity index (χ4n) is 8.82. The molecule has 0 fully saturated rings. The zero-order valence-corrected chi connectivity index (χ0v) is 31.0. The summed E-state index contributed by atoms with van der Waals surface area (Å²) < 4.78 is 6.55. The second-order valence-corrected chi connectivity index (χ2v) is 15.2. The molecule has 2 aromatic heterocycles. The van der Waals surface area contributed by atoms with Gasteiger partial charge in [0.2, 0.25) is 0 Å². The molecule has 0 N–H and O–H groups in total. The third-order valence-corrected chi connectivity index (χ3v) is 11.5. The lowest BCUT2D eigenvalue weighted by Crippen LogP contribution is -2.17. The predicted octanol–water partition coefficient (Wildman–Crippen LogP) is 13.6. The molecule has 0 unspecified atom stereocenters. The Morgan fingerprint density at radius 1 is 0.393 bits per heavy atom. The minimum absolute atomic E-state index is 0.215. The summed E-state index contributed by atoms with van der Waals surface area (Å²) in [6.45, 7) is 4.60. The number of nitrogens with zero attached hydrogens (tertiary/aromatic N) is 3. The number of furan rings is 1. The Balaban J connectivity index is 1.03. The third-order valence-electron chi connectivity index (χ3n) is 11.5. The molecule has 0 saturated heterocycles. The van der Waals surface area contributed by atoms with Crippen molar-refractivity contribution >= 4 is 32.7 Å². The molecule has 4 nitrogen and oxygen atoms in total. The molecule has 11 rings (SSSR count). The first-order valence-corrected chi connectivity index (χ1v) is 19.1. The molecule has 0 radical (unpaired) electrons. The van der Waals surface area contributed by atoms with Crippen molar-refractivity contribution in [1.82, 2.24) is 15.0 Å². The summed E-state index contributed by atoms with van der Waals surface area (Å²) >= 11 is 0.